The molecule has 18 heavy (non-hydrogen) atoms. The minimum absolute atomic E-state index is 0.175. The zero-order valence-corrected chi connectivity index (χ0v) is 13.4. The van der Waals surface area contributed by atoms with Gasteiger partial charge in [0.05, 0.1) is 10.2 Å². The lowest BCUT2D eigenvalue weighted by molar-refractivity contribution is 0.140. The largest absolute Gasteiger partial charge is 0.448 e. The van der Waals surface area contributed by atoms with Crippen molar-refractivity contribution in [3.63, 3.8) is 0 Å². The van der Waals surface area contributed by atoms with E-state index in [9.17, 15) is 4.79 Å². The molecule has 1 aromatic heterocycles. The van der Waals surface area contributed by atoms with E-state index in [1.54, 1.807) is 27.8 Å². The maximum atomic E-state index is 11.2. The van der Waals surface area contributed by atoms with E-state index in [0.717, 1.165) is 5.03 Å². The number of aromatic nitrogens is 1. The van der Waals surface area contributed by atoms with Gasteiger partial charge in [0.2, 0.25) is 0 Å². The number of pyridine rings is 1. The van der Waals surface area contributed by atoms with Crippen molar-refractivity contribution in [3.8, 4) is 0 Å². The van der Waals surface area contributed by atoms with Gasteiger partial charge in [0, 0.05) is 6.20 Å². The maximum Gasteiger partial charge on any atom is 0.407 e. The molecule has 100 valence electrons. The van der Waals surface area contributed by atoms with Gasteiger partial charge >= 0.3 is 6.09 Å². The van der Waals surface area contributed by atoms with Crippen LogP contribution in [0.25, 0.3) is 0 Å². The lowest BCUT2D eigenvalue weighted by Gasteiger charge is -2.22. The molecular formula is C11H15BrN2O2S2. The molecule has 1 rings (SSSR count). The minimum atomic E-state index is -0.414. The van der Waals surface area contributed by atoms with Crippen LogP contribution in [0.1, 0.15) is 13.8 Å². The summed E-state index contributed by atoms with van der Waals surface area (Å²) in [6, 6.07) is 5.78. The Morgan fingerprint density at radius 2 is 2.33 bits per heavy atom. The fourth-order valence-corrected chi connectivity index (χ4v) is 3.18. The highest BCUT2D eigenvalue weighted by Crippen LogP contribution is 2.39. The smallest absolute Gasteiger partial charge is 0.407 e. The second-order valence-electron chi connectivity index (χ2n) is 3.98. The van der Waals surface area contributed by atoms with Gasteiger partial charge in [-0.1, -0.05) is 32.8 Å². The third kappa shape index (κ3) is 6.51. The van der Waals surface area contributed by atoms with Crippen molar-refractivity contribution in [1.82, 2.24) is 10.3 Å². The number of alkyl halides is 1. The standard InChI is InChI=1S/C11H15BrN2O2S2/c1-11(2,7-16-10(15)14-8-12)18-17-9-5-3-4-6-13-9/h3-6H,7-8H2,1-2H3,(H,14,15). The van der Waals surface area contributed by atoms with E-state index in [0.29, 0.717) is 12.1 Å². The van der Waals surface area contributed by atoms with E-state index in [2.05, 4.69) is 26.2 Å². The van der Waals surface area contributed by atoms with Crippen LogP contribution in [0, 0.1) is 0 Å². The topological polar surface area (TPSA) is 51.2 Å². The molecule has 1 N–H and O–H groups in total. The van der Waals surface area contributed by atoms with E-state index in [4.69, 9.17) is 4.74 Å². The predicted octanol–water partition coefficient (Wildman–Crippen LogP) is 3.68. The second kappa shape index (κ2) is 7.91. The van der Waals surface area contributed by atoms with Gasteiger partial charge in [-0.25, -0.2) is 9.78 Å². The first-order chi connectivity index (χ1) is 8.53. The molecule has 0 radical (unpaired) electrons. The molecule has 0 aliphatic heterocycles. The van der Waals surface area contributed by atoms with Gasteiger partial charge in [-0.15, -0.1) is 0 Å². The molecule has 0 atom stereocenters. The van der Waals surface area contributed by atoms with Crippen LogP contribution in [0.2, 0.25) is 0 Å². The summed E-state index contributed by atoms with van der Waals surface area (Å²) in [5.74, 6) is 0. The Hall–Kier alpha value is -0.400. The average Bonchev–Trinajstić information content (AvgIpc) is 2.36. The summed E-state index contributed by atoms with van der Waals surface area (Å²) < 4.78 is 4.93. The quantitative estimate of drug-likeness (QED) is 0.481. The normalized spacial score (nSPS) is 11.1. The van der Waals surface area contributed by atoms with Crippen LogP contribution >= 0.6 is 37.5 Å². The Kier molecular flexibility index (Phi) is 6.88. The predicted molar refractivity (Wildman–Crippen MR) is 80.0 cm³/mol. The molecule has 0 spiro atoms. The number of rotatable bonds is 6. The maximum absolute atomic E-state index is 11.2. The van der Waals surface area contributed by atoms with Crippen molar-refractivity contribution in [1.29, 1.82) is 0 Å². The molecule has 1 amide bonds. The number of ether oxygens (including phenoxy) is 1. The average molecular weight is 351 g/mol. The Morgan fingerprint density at radius 1 is 1.56 bits per heavy atom. The molecule has 1 heterocycles. The van der Waals surface area contributed by atoms with Gasteiger partial charge in [0.15, 0.2) is 0 Å². The van der Waals surface area contributed by atoms with Gasteiger partial charge in [0.1, 0.15) is 11.6 Å². The fourth-order valence-electron chi connectivity index (χ4n) is 0.921. The summed E-state index contributed by atoms with van der Waals surface area (Å²) in [6.07, 6.45) is 1.35. The zero-order valence-electron chi connectivity index (χ0n) is 10.2. The number of nitrogens with one attached hydrogen (secondary N) is 1. The molecule has 1 aromatic rings. The van der Waals surface area contributed by atoms with Crippen LogP contribution in [0.4, 0.5) is 4.79 Å². The summed E-state index contributed by atoms with van der Waals surface area (Å²) in [7, 11) is 3.21. The lowest BCUT2D eigenvalue weighted by Crippen LogP contribution is -2.29. The van der Waals surface area contributed by atoms with Crippen molar-refractivity contribution in [2.45, 2.75) is 23.6 Å². The van der Waals surface area contributed by atoms with Crippen molar-refractivity contribution < 1.29 is 9.53 Å². The van der Waals surface area contributed by atoms with Crippen LogP contribution in [0.5, 0.6) is 0 Å². The molecule has 0 saturated carbocycles. The molecular weight excluding hydrogens is 336 g/mol. The molecule has 0 aliphatic rings. The Morgan fingerprint density at radius 3 is 2.94 bits per heavy atom. The zero-order chi connectivity index (χ0) is 13.4. The van der Waals surface area contributed by atoms with Crippen molar-refractivity contribution in [3.05, 3.63) is 24.4 Å². The molecule has 4 nitrogen and oxygen atoms in total. The summed E-state index contributed by atoms with van der Waals surface area (Å²) in [6.45, 7) is 4.39. The van der Waals surface area contributed by atoms with E-state index >= 15 is 0 Å². The SMILES string of the molecule is CC(C)(COC(=O)NCBr)SSc1ccccn1. The third-order valence-electron chi connectivity index (χ3n) is 1.75. The highest BCUT2D eigenvalue weighted by molar-refractivity contribution is 9.09. The number of hydrogen-bond donors (Lipinski definition) is 1. The number of amides is 1. The number of alkyl carbamates (subject to hydrolysis) is 1. The molecule has 0 unspecified atom stereocenters. The van der Waals surface area contributed by atoms with Crippen LogP contribution in [0.15, 0.2) is 29.4 Å². The fraction of sp³-hybridized carbons (Fsp3) is 0.455. The minimum Gasteiger partial charge on any atom is -0.448 e. The number of carbonyl (C=O) groups excluding carboxylic acids is 1. The van der Waals surface area contributed by atoms with Gasteiger partial charge in [-0.05, 0) is 36.8 Å². The van der Waals surface area contributed by atoms with Crippen molar-refractivity contribution >= 4 is 43.6 Å². The monoisotopic (exact) mass is 350 g/mol. The summed E-state index contributed by atoms with van der Waals surface area (Å²) >= 11 is 3.10. The van der Waals surface area contributed by atoms with Gasteiger partial charge in [0.25, 0.3) is 0 Å². The molecule has 0 fully saturated rings. The summed E-state index contributed by atoms with van der Waals surface area (Å²) in [4.78, 5) is 15.4. The highest BCUT2D eigenvalue weighted by atomic mass is 79.9. The van der Waals surface area contributed by atoms with E-state index < -0.39 is 6.09 Å². The number of carbonyl (C=O) groups is 1. The Labute approximate surface area is 123 Å². The van der Waals surface area contributed by atoms with E-state index in [-0.39, 0.29) is 4.75 Å². The first-order valence-corrected chi connectivity index (χ1v) is 8.54. The van der Waals surface area contributed by atoms with Gasteiger partial charge in [-0.2, -0.15) is 0 Å². The second-order valence-corrected chi connectivity index (χ2v) is 7.40. The van der Waals surface area contributed by atoms with E-state index in [1.807, 2.05) is 32.0 Å². The number of halogens is 1. The first-order valence-electron chi connectivity index (χ1n) is 5.27. The van der Waals surface area contributed by atoms with Crippen LogP contribution in [0.3, 0.4) is 0 Å². The molecule has 0 aromatic carbocycles. The van der Waals surface area contributed by atoms with Gasteiger partial charge < -0.3 is 10.1 Å². The van der Waals surface area contributed by atoms with Crippen LogP contribution in [-0.2, 0) is 4.74 Å². The Bertz CT molecular complexity index is 377. The highest BCUT2D eigenvalue weighted by Gasteiger charge is 2.22. The summed E-state index contributed by atoms with van der Waals surface area (Å²) in [5.41, 5.74) is 0.391. The van der Waals surface area contributed by atoms with Crippen LogP contribution in [-0.4, -0.2) is 27.9 Å². The molecule has 0 bridgehead atoms. The molecule has 7 heteroatoms. The van der Waals surface area contributed by atoms with Crippen molar-refractivity contribution in [2.24, 2.45) is 0 Å². The number of nitrogens with zero attached hydrogens (tertiary/aromatic N) is 1. The van der Waals surface area contributed by atoms with Crippen LogP contribution < -0.4 is 5.32 Å². The molecule has 0 aliphatic carbocycles. The third-order valence-corrected chi connectivity index (χ3v) is 5.21. The summed E-state index contributed by atoms with van der Waals surface area (Å²) in [5, 5.41) is 3.46. The van der Waals surface area contributed by atoms with Gasteiger partial charge in [-0.3, -0.25) is 0 Å². The number of hydrogen-bond acceptors (Lipinski definition) is 5. The van der Waals surface area contributed by atoms with E-state index in [1.165, 1.54) is 0 Å². The molecule has 0 saturated heterocycles. The first kappa shape index (κ1) is 15.7. The Balaban J connectivity index is 2.33. The lowest BCUT2D eigenvalue weighted by atomic mass is 10.2. The van der Waals surface area contributed by atoms with Crippen molar-refractivity contribution in [2.75, 3.05) is 12.1 Å².